The molecule has 0 saturated heterocycles. The van der Waals surface area contributed by atoms with Gasteiger partial charge in [-0.3, -0.25) is 4.79 Å². The number of aromatic nitrogens is 1. The summed E-state index contributed by atoms with van der Waals surface area (Å²) in [6.07, 6.45) is 4.15. The van der Waals surface area contributed by atoms with E-state index in [-0.39, 0.29) is 17.9 Å². The first-order valence-electron chi connectivity index (χ1n) is 8.83. The lowest BCUT2D eigenvalue weighted by Gasteiger charge is -2.23. The Morgan fingerprint density at radius 2 is 2.04 bits per heavy atom. The summed E-state index contributed by atoms with van der Waals surface area (Å²) in [5.41, 5.74) is 1.81. The highest BCUT2D eigenvalue weighted by Crippen LogP contribution is 2.34. The number of carbonyl (C=O) groups is 1. The molecule has 1 aliphatic rings. The molecule has 0 fully saturated rings. The van der Waals surface area contributed by atoms with Crippen LogP contribution in [0, 0.1) is 12.8 Å². The van der Waals surface area contributed by atoms with E-state index < -0.39 is 0 Å². The predicted molar refractivity (Wildman–Crippen MR) is 104 cm³/mol. The molecule has 2 heterocycles. The van der Waals surface area contributed by atoms with Crippen molar-refractivity contribution in [2.45, 2.75) is 33.2 Å². The molecule has 26 heavy (non-hydrogen) atoms. The number of rotatable bonds is 5. The Labute approximate surface area is 158 Å². The number of hydrogen-bond acceptors (Lipinski definition) is 5. The van der Waals surface area contributed by atoms with Crippen molar-refractivity contribution >= 4 is 23.3 Å². The maximum absolute atomic E-state index is 12.4. The van der Waals surface area contributed by atoms with Gasteiger partial charge in [-0.25, -0.2) is 4.98 Å². The molecule has 1 aliphatic heterocycles. The minimum atomic E-state index is -0.138. The fraction of sp³-hybridized carbons (Fsp3) is 0.400. The van der Waals surface area contributed by atoms with E-state index in [4.69, 9.17) is 9.47 Å². The number of thiazole rings is 1. The zero-order valence-corrected chi connectivity index (χ0v) is 16.1. The van der Waals surface area contributed by atoms with Crippen molar-refractivity contribution in [3.05, 3.63) is 45.9 Å². The molecule has 0 bridgehead atoms. The van der Waals surface area contributed by atoms with Crippen molar-refractivity contribution < 1.29 is 14.3 Å². The van der Waals surface area contributed by atoms with Crippen LogP contribution in [0.25, 0.3) is 6.08 Å². The second-order valence-corrected chi connectivity index (χ2v) is 7.67. The first-order valence-corrected chi connectivity index (χ1v) is 9.71. The highest BCUT2D eigenvalue weighted by Gasteiger charge is 2.20. The highest BCUT2D eigenvalue weighted by atomic mass is 32.1. The average molecular weight is 372 g/mol. The van der Waals surface area contributed by atoms with E-state index >= 15 is 0 Å². The number of nitrogens with one attached hydrogen (secondary N) is 1. The average Bonchev–Trinajstić information content (AvgIpc) is 2.89. The van der Waals surface area contributed by atoms with Crippen LogP contribution in [0.15, 0.2) is 29.7 Å². The fourth-order valence-corrected chi connectivity index (χ4v) is 3.41. The van der Waals surface area contributed by atoms with Crippen LogP contribution in [0.2, 0.25) is 0 Å². The van der Waals surface area contributed by atoms with Crippen LogP contribution < -0.4 is 14.8 Å². The van der Waals surface area contributed by atoms with Crippen molar-refractivity contribution in [3.63, 3.8) is 0 Å². The van der Waals surface area contributed by atoms with Gasteiger partial charge in [-0.1, -0.05) is 19.9 Å². The molecule has 1 amide bonds. The molecule has 5 nitrogen and oxygen atoms in total. The minimum Gasteiger partial charge on any atom is -0.490 e. The third-order valence-corrected chi connectivity index (χ3v) is 4.93. The Bertz CT molecular complexity index is 798. The molecule has 2 aromatic rings. The van der Waals surface area contributed by atoms with Gasteiger partial charge in [0.05, 0.1) is 30.0 Å². The van der Waals surface area contributed by atoms with E-state index in [1.54, 1.807) is 17.4 Å². The summed E-state index contributed by atoms with van der Waals surface area (Å²) in [6.45, 7) is 7.42. The monoisotopic (exact) mass is 372 g/mol. The largest absolute Gasteiger partial charge is 0.490 e. The molecule has 0 unspecified atom stereocenters. The van der Waals surface area contributed by atoms with Crippen LogP contribution in [-0.4, -0.2) is 24.1 Å². The Hall–Kier alpha value is -2.34. The summed E-state index contributed by atoms with van der Waals surface area (Å²) >= 11 is 1.57. The molecule has 138 valence electrons. The third kappa shape index (κ3) is 4.64. The first kappa shape index (κ1) is 18.5. The summed E-state index contributed by atoms with van der Waals surface area (Å²) < 4.78 is 11.5. The molecule has 1 aromatic carbocycles. The van der Waals surface area contributed by atoms with Gasteiger partial charge >= 0.3 is 0 Å². The fourth-order valence-electron chi connectivity index (χ4n) is 2.83. The normalized spacial score (nSPS) is 15.1. The highest BCUT2D eigenvalue weighted by molar-refractivity contribution is 7.09. The number of aryl methyl sites for hydroxylation is 1. The van der Waals surface area contributed by atoms with Crippen LogP contribution in [0.4, 0.5) is 0 Å². The molecule has 3 rings (SSSR count). The van der Waals surface area contributed by atoms with Gasteiger partial charge in [0.25, 0.3) is 0 Å². The van der Waals surface area contributed by atoms with Crippen LogP contribution in [0.3, 0.4) is 0 Å². The SMILES string of the molecule is Cc1nc(/C=C/C(=O)N[C@H](c2ccc3c(c2)OCCCO3)C(C)C)cs1. The Kier molecular flexibility index (Phi) is 5.93. The number of fused-ring (bicyclic) bond motifs is 1. The summed E-state index contributed by atoms with van der Waals surface area (Å²) in [4.78, 5) is 16.7. The lowest BCUT2D eigenvalue weighted by atomic mass is 9.95. The molecule has 6 heteroatoms. The van der Waals surface area contributed by atoms with E-state index in [0.717, 1.165) is 34.2 Å². The molecule has 0 saturated carbocycles. The van der Waals surface area contributed by atoms with Gasteiger partial charge in [0.1, 0.15) is 0 Å². The number of amides is 1. The van der Waals surface area contributed by atoms with Crippen LogP contribution in [0.1, 0.15) is 42.6 Å². The number of carbonyl (C=O) groups excluding carboxylic acids is 1. The van der Waals surface area contributed by atoms with Crippen molar-refractivity contribution in [2.75, 3.05) is 13.2 Å². The Morgan fingerprint density at radius 1 is 1.27 bits per heavy atom. The first-order chi connectivity index (χ1) is 12.5. The van der Waals surface area contributed by atoms with Crippen molar-refractivity contribution in [1.29, 1.82) is 0 Å². The maximum Gasteiger partial charge on any atom is 0.244 e. The van der Waals surface area contributed by atoms with Gasteiger partial charge in [0, 0.05) is 17.9 Å². The molecule has 0 spiro atoms. The number of hydrogen-bond donors (Lipinski definition) is 1. The standard InChI is InChI=1S/C20H24N2O3S/c1-13(2)20(22-19(23)8-6-16-12-26-14(3)21-16)15-5-7-17-18(11-15)25-10-4-9-24-17/h5-8,11-13,20H,4,9-10H2,1-3H3,(H,22,23)/b8-6+/t20-/m0/s1. The van der Waals surface area contributed by atoms with Gasteiger partial charge in [-0.05, 0) is 36.6 Å². The van der Waals surface area contributed by atoms with E-state index in [1.807, 2.05) is 30.5 Å². The zero-order chi connectivity index (χ0) is 18.5. The second-order valence-electron chi connectivity index (χ2n) is 6.61. The van der Waals surface area contributed by atoms with E-state index in [0.29, 0.717) is 13.2 Å². The second kappa shape index (κ2) is 8.36. The molecule has 1 atom stereocenters. The molecular weight excluding hydrogens is 348 g/mol. The predicted octanol–water partition coefficient (Wildman–Crippen LogP) is 4.14. The van der Waals surface area contributed by atoms with E-state index in [9.17, 15) is 4.79 Å². The van der Waals surface area contributed by atoms with Crippen molar-refractivity contribution in [2.24, 2.45) is 5.92 Å². The molecule has 1 N–H and O–H groups in total. The summed E-state index contributed by atoms with van der Waals surface area (Å²) in [5, 5.41) is 6.00. The minimum absolute atomic E-state index is 0.110. The number of nitrogens with zero attached hydrogens (tertiary/aromatic N) is 1. The van der Waals surface area contributed by atoms with Crippen LogP contribution in [0.5, 0.6) is 11.5 Å². The Balaban J connectivity index is 1.73. The molecule has 0 aliphatic carbocycles. The zero-order valence-electron chi connectivity index (χ0n) is 15.3. The number of benzene rings is 1. The van der Waals surface area contributed by atoms with Crippen LogP contribution >= 0.6 is 11.3 Å². The van der Waals surface area contributed by atoms with Crippen molar-refractivity contribution in [3.8, 4) is 11.5 Å². The van der Waals surface area contributed by atoms with Gasteiger partial charge in [0.2, 0.25) is 5.91 Å². The van der Waals surface area contributed by atoms with E-state index in [2.05, 4.69) is 24.1 Å². The molecule has 1 aromatic heterocycles. The van der Waals surface area contributed by atoms with E-state index in [1.165, 1.54) is 6.08 Å². The van der Waals surface area contributed by atoms with Gasteiger partial charge in [-0.15, -0.1) is 11.3 Å². The smallest absolute Gasteiger partial charge is 0.244 e. The third-order valence-electron chi connectivity index (χ3n) is 4.14. The molecular formula is C20H24N2O3S. The Morgan fingerprint density at radius 3 is 2.73 bits per heavy atom. The quantitative estimate of drug-likeness (QED) is 0.802. The van der Waals surface area contributed by atoms with Gasteiger partial charge in [0.15, 0.2) is 11.5 Å². The summed E-state index contributed by atoms with van der Waals surface area (Å²) in [6, 6.07) is 5.78. The topological polar surface area (TPSA) is 60.5 Å². The van der Waals surface area contributed by atoms with Crippen LogP contribution in [-0.2, 0) is 4.79 Å². The van der Waals surface area contributed by atoms with Crippen molar-refractivity contribution in [1.82, 2.24) is 10.3 Å². The number of ether oxygens (including phenoxy) is 2. The van der Waals surface area contributed by atoms with Gasteiger partial charge in [-0.2, -0.15) is 0 Å². The summed E-state index contributed by atoms with van der Waals surface area (Å²) in [7, 11) is 0. The summed E-state index contributed by atoms with van der Waals surface area (Å²) in [5.74, 6) is 1.60. The molecule has 0 radical (unpaired) electrons. The lowest BCUT2D eigenvalue weighted by molar-refractivity contribution is -0.117. The maximum atomic E-state index is 12.4. The lowest BCUT2D eigenvalue weighted by Crippen LogP contribution is -2.30. The van der Waals surface area contributed by atoms with Gasteiger partial charge < -0.3 is 14.8 Å².